The lowest BCUT2D eigenvalue weighted by molar-refractivity contribution is 0.112. The number of thiazole rings is 1. The molecule has 5 heteroatoms. The second-order valence-corrected chi connectivity index (χ2v) is 7.05. The Morgan fingerprint density at radius 2 is 1.87 bits per heavy atom. The summed E-state index contributed by atoms with van der Waals surface area (Å²) in [5, 5.41) is 2.34. The van der Waals surface area contributed by atoms with Crippen LogP contribution in [0.5, 0.6) is 11.5 Å². The van der Waals surface area contributed by atoms with Gasteiger partial charge < -0.3 is 9.47 Å². The highest BCUT2D eigenvalue weighted by Gasteiger charge is 2.22. The molecular formula is C18H23NO3S. The van der Waals surface area contributed by atoms with Crippen LogP contribution in [0.15, 0.2) is 17.5 Å². The Morgan fingerprint density at radius 1 is 1.17 bits per heavy atom. The molecule has 0 saturated heterocycles. The van der Waals surface area contributed by atoms with Gasteiger partial charge in [-0.05, 0) is 37.0 Å². The zero-order valence-corrected chi connectivity index (χ0v) is 15.1. The summed E-state index contributed by atoms with van der Waals surface area (Å²) in [5.41, 5.74) is 2.72. The van der Waals surface area contributed by atoms with Gasteiger partial charge in [0.25, 0.3) is 0 Å². The topological polar surface area (TPSA) is 48.4 Å². The highest BCUT2D eigenvalue weighted by atomic mass is 32.1. The lowest BCUT2D eigenvalue weighted by Gasteiger charge is -2.23. The fraction of sp³-hybridized carbons (Fsp3) is 0.444. The molecule has 0 aliphatic heterocycles. The van der Waals surface area contributed by atoms with Gasteiger partial charge in [-0.25, -0.2) is 4.98 Å². The van der Waals surface area contributed by atoms with Crippen molar-refractivity contribution in [3.05, 3.63) is 28.1 Å². The molecular weight excluding hydrogens is 310 g/mol. The van der Waals surface area contributed by atoms with Crippen molar-refractivity contribution in [1.29, 1.82) is 0 Å². The molecule has 2 rings (SSSR count). The number of carbonyl (C=O) groups excluding carboxylic acids is 1. The molecule has 0 bridgehead atoms. The Labute approximate surface area is 141 Å². The largest absolute Gasteiger partial charge is 0.490 e. The number of rotatable bonds is 6. The Hall–Kier alpha value is -1.88. The Morgan fingerprint density at radius 3 is 2.39 bits per heavy atom. The maximum absolute atomic E-state index is 10.9. The van der Waals surface area contributed by atoms with E-state index in [1.807, 2.05) is 25.3 Å². The normalized spacial score (nSPS) is 11.3. The second kappa shape index (κ2) is 7.13. The van der Waals surface area contributed by atoms with Crippen LogP contribution < -0.4 is 9.47 Å². The number of ether oxygens (including phenoxy) is 2. The van der Waals surface area contributed by atoms with E-state index in [4.69, 9.17) is 9.47 Å². The molecule has 0 aliphatic rings. The van der Waals surface area contributed by atoms with Crippen LogP contribution in [0, 0.1) is 0 Å². The zero-order chi connectivity index (χ0) is 17.0. The fourth-order valence-electron chi connectivity index (χ4n) is 2.25. The van der Waals surface area contributed by atoms with Crippen LogP contribution in [0.4, 0.5) is 0 Å². The number of carbonyl (C=O) groups is 1. The maximum atomic E-state index is 10.9. The monoisotopic (exact) mass is 333 g/mol. The molecule has 2 aromatic rings. The smallest absolute Gasteiger partial charge is 0.178 e. The highest BCUT2D eigenvalue weighted by molar-refractivity contribution is 7.11. The van der Waals surface area contributed by atoms with E-state index in [0.717, 1.165) is 28.9 Å². The predicted molar refractivity (Wildman–Crippen MR) is 94.0 cm³/mol. The average Bonchev–Trinajstić information content (AvgIpc) is 2.97. The summed E-state index contributed by atoms with van der Waals surface area (Å²) in [6.45, 7) is 11.4. The minimum Gasteiger partial charge on any atom is -0.490 e. The van der Waals surface area contributed by atoms with Crippen molar-refractivity contribution in [2.75, 3.05) is 13.2 Å². The minimum absolute atomic E-state index is 0.0329. The van der Waals surface area contributed by atoms with Crippen molar-refractivity contribution in [2.45, 2.75) is 40.0 Å². The molecule has 0 N–H and O–H groups in total. The van der Waals surface area contributed by atoms with E-state index in [0.29, 0.717) is 24.0 Å². The quantitative estimate of drug-likeness (QED) is 0.718. The van der Waals surface area contributed by atoms with Gasteiger partial charge in [0.1, 0.15) is 0 Å². The summed E-state index contributed by atoms with van der Waals surface area (Å²) in [4.78, 5) is 15.3. The minimum atomic E-state index is -0.0329. The van der Waals surface area contributed by atoms with Crippen molar-refractivity contribution in [2.24, 2.45) is 0 Å². The average molecular weight is 333 g/mol. The summed E-state index contributed by atoms with van der Waals surface area (Å²) in [7, 11) is 0. The number of benzene rings is 1. The van der Waals surface area contributed by atoms with Crippen LogP contribution in [-0.2, 0) is 5.41 Å². The first-order valence-electron chi connectivity index (χ1n) is 7.75. The van der Waals surface area contributed by atoms with Crippen LogP contribution in [0.1, 0.15) is 50.0 Å². The predicted octanol–water partition coefficient (Wildman–Crippen LogP) is 4.72. The van der Waals surface area contributed by atoms with E-state index >= 15 is 0 Å². The molecule has 1 aromatic carbocycles. The number of nitrogens with zero attached hydrogens (tertiary/aromatic N) is 1. The van der Waals surface area contributed by atoms with E-state index in [-0.39, 0.29) is 5.41 Å². The van der Waals surface area contributed by atoms with Gasteiger partial charge in [-0.3, -0.25) is 4.79 Å². The molecule has 0 spiro atoms. The SMILES string of the molecule is CCOc1cc(C(C)(C)C)cc(-c2csc(C=O)n2)c1OCC. The van der Waals surface area contributed by atoms with E-state index in [1.165, 1.54) is 11.3 Å². The standard InChI is InChI=1S/C18H23NO3S/c1-6-21-15-9-12(18(3,4)5)8-13(17(15)22-7-2)14-11-23-16(10-20)19-14/h8-11H,6-7H2,1-5H3. The van der Waals surface area contributed by atoms with Crippen LogP contribution in [-0.4, -0.2) is 24.5 Å². The van der Waals surface area contributed by atoms with Crippen LogP contribution >= 0.6 is 11.3 Å². The first-order chi connectivity index (χ1) is 10.9. The van der Waals surface area contributed by atoms with Crippen LogP contribution in [0.3, 0.4) is 0 Å². The summed E-state index contributed by atoms with van der Waals surface area (Å²) in [5.74, 6) is 1.41. The van der Waals surface area contributed by atoms with Crippen molar-refractivity contribution in [3.8, 4) is 22.8 Å². The molecule has 0 atom stereocenters. The summed E-state index contributed by atoms with van der Waals surface area (Å²) < 4.78 is 11.6. The summed E-state index contributed by atoms with van der Waals surface area (Å²) in [6.07, 6.45) is 0.769. The van der Waals surface area contributed by atoms with Crippen molar-refractivity contribution >= 4 is 17.6 Å². The molecule has 0 fully saturated rings. The van der Waals surface area contributed by atoms with Gasteiger partial charge in [0.15, 0.2) is 22.8 Å². The number of aromatic nitrogens is 1. The van der Waals surface area contributed by atoms with E-state index < -0.39 is 0 Å². The van der Waals surface area contributed by atoms with Crippen LogP contribution in [0.25, 0.3) is 11.3 Å². The lowest BCUT2D eigenvalue weighted by Crippen LogP contribution is -2.12. The van der Waals surface area contributed by atoms with Crippen molar-refractivity contribution in [3.63, 3.8) is 0 Å². The number of aldehydes is 1. The lowest BCUT2D eigenvalue weighted by atomic mass is 9.85. The number of hydrogen-bond acceptors (Lipinski definition) is 5. The molecule has 0 radical (unpaired) electrons. The molecule has 1 heterocycles. The zero-order valence-electron chi connectivity index (χ0n) is 14.3. The van der Waals surface area contributed by atoms with Gasteiger partial charge >= 0.3 is 0 Å². The van der Waals surface area contributed by atoms with Crippen LogP contribution in [0.2, 0.25) is 0 Å². The van der Waals surface area contributed by atoms with Crippen molar-refractivity contribution < 1.29 is 14.3 Å². The Bertz CT molecular complexity index is 686. The molecule has 1 aromatic heterocycles. The second-order valence-electron chi connectivity index (χ2n) is 6.16. The van der Waals surface area contributed by atoms with Gasteiger partial charge in [-0.1, -0.05) is 20.8 Å². The third-order valence-corrected chi connectivity index (χ3v) is 4.18. The molecule has 4 nitrogen and oxygen atoms in total. The third-order valence-electron chi connectivity index (χ3n) is 3.41. The first kappa shape index (κ1) is 17.5. The number of hydrogen-bond donors (Lipinski definition) is 0. The van der Waals surface area contributed by atoms with E-state index in [1.54, 1.807) is 0 Å². The fourth-order valence-corrected chi connectivity index (χ4v) is 2.87. The Kier molecular flexibility index (Phi) is 5.42. The van der Waals surface area contributed by atoms with Gasteiger partial charge in [0.2, 0.25) is 0 Å². The third kappa shape index (κ3) is 3.91. The summed E-state index contributed by atoms with van der Waals surface area (Å²) >= 11 is 1.33. The van der Waals surface area contributed by atoms with Gasteiger partial charge in [-0.15, -0.1) is 11.3 Å². The Balaban J connectivity index is 2.68. The first-order valence-corrected chi connectivity index (χ1v) is 8.63. The van der Waals surface area contributed by atoms with E-state index in [2.05, 4.69) is 31.8 Å². The van der Waals surface area contributed by atoms with Crippen molar-refractivity contribution in [1.82, 2.24) is 4.98 Å². The van der Waals surface area contributed by atoms with Gasteiger partial charge in [-0.2, -0.15) is 0 Å². The van der Waals surface area contributed by atoms with Gasteiger partial charge in [0, 0.05) is 10.9 Å². The molecule has 0 amide bonds. The molecule has 0 saturated carbocycles. The molecule has 23 heavy (non-hydrogen) atoms. The summed E-state index contributed by atoms with van der Waals surface area (Å²) in [6, 6.07) is 4.11. The molecule has 0 unspecified atom stereocenters. The molecule has 124 valence electrons. The molecule has 0 aliphatic carbocycles. The van der Waals surface area contributed by atoms with Gasteiger partial charge in [0.05, 0.1) is 18.9 Å². The highest BCUT2D eigenvalue weighted by Crippen LogP contribution is 2.42. The maximum Gasteiger partial charge on any atom is 0.178 e. The van der Waals surface area contributed by atoms with E-state index in [9.17, 15) is 4.79 Å².